The highest BCUT2D eigenvalue weighted by atomic mass is 19.4. The van der Waals surface area contributed by atoms with E-state index in [0.29, 0.717) is 49.2 Å². The standard InChI is InChI=1S/C34H32F6N6O2/c35-18-13-33(11-2-12-45(33)14-18)16-47-32-43-29-26-23(9-10-24-22-8-6-19(41-22)15-46(24)31(26)44-32)42-28(27(29)37)20-4-1-3-17-5-7-21(36)30(25(17)20)48-34(38,39)40/h1,3-5,7,18-19,22,24,41H,2,6,8-16H2/t18-,19-,22+,24-,33+/m1/s1. The molecule has 0 amide bonds. The minimum Gasteiger partial charge on any atom is -0.461 e. The van der Waals surface area contributed by atoms with E-state index in [1.165, 1.54) is 18.2 Å². The van der Waals surface area contributed by atoms with Gasteiger partial charge in [0.25, 0.3) is 0 Å². The number of hydrogen-bond donors (Lipinski definition) is 1. The first-order valence-electron chi connectivity index (χ1n) is 16.5. The second-order valence-corrected chi connectivity index (χ2v) is 13.8. The largest absolute Gasteiger partial charge is 0.573 e. The number of fused-ring (bicyclic) bond motifs is 7. The van der Waals surface area contributed by atoms with Crippen molar-refractivity contribution in [1.29, 1.82) is 0 Å². The molecule has 0 saturated carbocycles. The fraction of sp³-hybridized carbons (Fsp3) is 0.500. The van der Waals surface area contributed by atoms with Gasteiger partial charge in [0.15, 0.2) is 17.4 Å². The van der Waals surface area contributed by atoms with Crippen LogP contribution >= 0.6 is 0 Å². The van der Waals surface area contributed by atoms with E-state index in [4.69, 9.17) is 14.7 Å². The Morgan fingerprint density at radius 1 is 1.00 bits per heavy atom. The first-order valence-corrected chi connectivity index (χ1v) is 16.5. The van der Waals surface area contributed by atoms with Gasteiger partial charge >= 0.3 is 12.4 Å². The van der Waals surface area contributed by atoms with Gasteiger partial charge in [0, 0.05) is 48.6 Å². The Labute approximate surface area is 271 Å². The lowest BCUT2D eigenvalue weighted by atomic mass is 9.95. The molecule has 8 nitrogen and oxygen atoms in total. The van der Waals surface area contributed by atoms with Gasteiger partial charge in [-0.25, -0.2) is 18.2 Å². The number of halogens is 6. The molecule has 4 aromatic rings. The molecule has 0 radical (unpaired) electrons. The van der Waals surface area contributed by atoms with Crippen molar-refractivity contribution < 1.29 is 35.8 Å². The zero-order chi connectivity index (χ0) is 32.9. The molecule has 7 heterocycles. The molecular formula is C34H32F6N6O2. The van der Waals surface area contributed by atoms with E-state index in [9.17, 15) is 22.0 Å². The van der Waals surface area contributed by atoms with Crippen molar-refractivity contribution in [3.63, 3.8) is 0 Å². The summed E-state index contributed by atoms with van der Waals surface area (Å²) < 4.78 is 97.4. The van der Waals surface area contributed by atoms with Gasteiger partial charge in [-0.2, -0.15) is 9.97 Å². The summed E-state index contributed by atoms with van der Waals surface area (Å²) in [6, 6.07) is 7.07. The van der Waals surface area contributed by atoms with Crippen LogP contribution in [0.1, 0.15) is 44.2 Å². The Morgan fingerprint density at radius 3 is 2.73 bits per heavy atom. The van der Waals surface area contributed by atoms with Gasteiger partial charge in [0.1, 0.15) is 29.8 Å². The van der Waals surface area contributed by atoms with E-state index < -0.39 is 35.5 Å². The maximum atomic E-state index is 17.0. The fourth-order valence-corrected chi connectivity index (χ4v) is 8.99. The molecule has 0 aliphatic carbocycles. The summed E-state index contributed by atoms with van der Waals surface area (Å²) in [5, 5.41) is 4.08. The van der Waals surface area contributed by atoms with Crippen LogP contribution in [0, 0.1) is 11.6 Å². The topological polar surface area (TPSA) is 75.6 Å². The van der Waals surface area contributed by atoms with Crippen molar-refractivity contribution in [3.8, 4) is 23.0 Å². The van der Waals surface area contributed by atoms with Crippen LogP contribution in [0.5, 0.6) is 11.8 Å². The van der Waals surface area contributed by atoms with Crippen LogP contribution in [0.4, 0.5) is 32.2 Å². The lowest BCUT2D eigenvalue weighted by Gasteiger charge is -2.41. The van der Waals surface area contributed by atoms with Crippen molar-refractivity contribution >= 4 is 27.5 Å². The molecule has 0 spiro atoms. The van der Waals surface area contributed by atoms with Crippen molar-refractivity contribution in [2.75, 3.05) is 31.1 Å². The Bertz CT molecular complexity index is 1960. The van der Waals surface area contributed by atoms with Gasteiger partial charge in [-0.3, -0.25) is 4.90 Å². The molecule has 5 aliphatic heterocycles. The van der Waals surface area contributed by atoms with Crippen molar-refractivity contribution in [2.24, 2.45) is 0 Å². The maximum absolute atomic E-state index is 17.0. The Balaban J connectivity index is 1.23. The molecule has 2 aromatic carbocycles. The van der Waals surface area contributed by atoms with Gasteiger partial charge in [-0.15, -0.1) is 13.2 Å². The van der Waals surface area contributed by atoms with Crippen LogP contribution in [0.3, 0.4) is 0 Å². The number of aromatic nitrogens is 3. The summed E-state index contributed by atoms with van der Waals surface area (Å²) in [4.78, 5) is 18.5. The zero-order valence-corrected chi connectivity index (χ0v) is 25.8. The number of ether oxygens (including phenoxy) is 2. The van der Waals surface area contributed by atoms with E-state index in [2.05, 4.69) is 24.8 Å². The number of nitrogens with one attached hydrogen (secondary N) is 1. The minimum atomic E-state index is -5.19. The first kappa shape index (κ1) is 30.2. The Hall–Kier alpha value is -3.91. The molecule has 2 bridgehead atoms. The van der Waals surface area contributed by atoms with Crippen molar-refractivity contribution in [3.05, 3.63) is 47.7 Å². The molecule has 2 aromatic heterocycles. The van der Waals surface area contributed by atoms with Crippen LogP contribution in [0.2, 0.25) is 0 Å². The van der Waals surface area contributed by atoms with Gasteiger partial charge in [-0.1, -0.05) is 24.3 Å². The van der Waals surface area contributed by atoms with E-state index in [1.807, 2.05) is 0 Å². The van der Waals surface area contributed by atoms with E-state index in [-0.39, 0.29) is 58.3 Å². The van der Waals surface area contributed by atoms with Gasteiger partial charge < -0.3 is 19.7 Å². The highest BCUT2D eigenvalue weighted by Crippen LogP contribution is 2.45. The molecule has 0 unspecified atom stereocenters. The number of anilines is 1. The van der Waals surface area contributed by atoms with Crippen LogP contribution in [0.15, 0.2) is 30.3 Å². The number of aryl methyl sites for hydroxylation is 1. The summed E-state index contributed by atoms with van der Waals surface area (Å²) in [5.74, 6) is -2.69. The summed E-state index contributed by atoms with van der Waals surface area (Å²) in [6.45, 7) is 1.91. The lowest BCUT2D eigenvalue weighted by molar-refractivity contribution is -0.275. The third-order valence-corrected chi connectivity index (χ3v) is 11.0. The Kier molecular flexibility index (Phi) is 6.79. The zero-order valence-electron chi connectivity index (χ0n) is 25.8. The minimum absolute atomic E-state index is 0.0416. The predicted molar refractivity (Wildman–Crippen MR) is 165 cm³/mol. The number of hydrogen-bond acceptors (Lipinski definition) is 8. The predicted octanol–water partition coefficient (Wildman–Crippen LogP) is 6.23. The van der Waals surface area contributed by atoms with Crippen LogP contribution < -0.4 is 19.7 Å². The number of alkyl halides is 4. The Morgan fingerprint density at radius 2 is 1.88 bits per heavy atom. The summed E-state index contributed by atoms with van der Waals surface area (Å²) >= 11 is 0. The number of pyridine rings is 1. The van der Waals surface area contributed by atoms with Crippen LogP contribution in [-0.4, -0.2) is 82.3 Å². The summed E-state index contributed by atoms with van der Waals surface area (Å²) in [6.07, 6.45) is -1.02. The quantitative estimate of drug-likeness (QED) is 0.251. The monoisotopic (exact) mass is 670 g/mol. The number of benzene rings is 2. The highest BCUT2D eigenvalue weighted by Gasteiger charge is 2.50. The molecule has 9 rings (SSSR count). The molecule has 5 atom stereocenters. The average molecular weight is 671 g/mol. The van der Waals surface area contributed by atoms with E-state index in [1.54, 1.807) is 6.07 Å². The van der Waals surface area contributed by atoms with Crippen molar-refractivity contribution in [2.45, 2.75) is 81.1 Å². The molecule has 5 aliphatic rings. The molecule has 14 heteroatoms. The second-order valence-electron chi connectivity index (χ2n) is 13.8. The van der Waals surface area contributed by atoms with E-state index in [0.717, 1.165) is 38.3 Å². The summed E-state index contributed by atoms with van der Waals surface area (Å²) in [7, 11) is 0. The molecule has 1 N–H and O–H groups in total. The van der Waals surface area contributed by atoms with Crippen LogP contribution in [-0.2, 0) is 6.42 Å². The second kappa shape index (κ2) is 10.8. The van der Waals surface area contributed by atoms with Gasteiger partial charge in [0.05, 0.1) is 16.6 Å². The highest BCUT2D eigenvalue weighted by molar-refractivity contribution is 6.03. The number of rotatable bonds is 5. The van der Waals surface area contributed by atoms with Crippen molar-refractivity contribution in [1.82, 2.24) is 25.2 Å². The average Bonchev–Trinajstić information content (AvgIpc) is 3.68. The SMILES string of the molecule is Fc1ccc2cccc(-c3nc4c5c(nc(OC[C@@]67CCCN6C[C@H](F)C7)nc5c3F)N3C[C@H]5CC[C@H](N5)[C@H]3CC4)c2c1OC(F)(F)F. The smallest absolute Gasteiger partial charge is 0.461 e. The molecule has 48 heavy (non-hydrogen) atoms. The third-order valence-electron chi connectivity index (χ3n) is 11.0. The maximum Gasteiger partial charge on any atom is 0.573 e. The molecule has 4 saturated heterocycles. The van der Waals surface area contributed by atoms with E-state index >= 15 is 4.39 Å². The molecule has 4 fully saturated rings. The van der Waals surface area contributed by atoms with Crippen LogP contribution in [0.25, 0.3) is 32.9 Å². The van der Waals surface area contributed by atoms with Gasteiger partial charge in [-0.05, 0) is 56.5 Å². The molecule has 252 valence electrons. The third kappa shape index (κ3) is 4.77. The normalized spacial score (nSPS) is 28.2. The molecular weight excluding hydrogens is 638 g/mol. The fourth-order valence-electron chi connectivity index (χ4n) is 8.99. The summed E-state index contributed by atoms with van der Waals surface area (Å²) in [5.41, 5.74) is -0.405. The number of piperazine rings is 1. The number of nitrogens with zero attached hydrogens (tertiary/aromatic N) is 5. The first-order chi connectivity index (χ1) is 23.1. The lowest BCUT2D eigenvalue weighted by Crippen LogP contribution is -2.58. The van der Waals surface area contributed by atoms with Gasteiger partial charge in [0.2, 0.25) is 0 Å².